The van der Waals surface area contributed by atoms with E-state index >= 15 is 0 Å². The van der Waals surface area contributed by atoms with Gasteiger partial charge in [0.25, 0.3) is 0 Å². The van der Waals surface area contributed by atoms with Crippen molar-refractivity contribution in [3.8, 4) is 0 Å². The first-order chi connectivity index (χ1) is 9.99. The largest absolute Gasteiger partial charge is 0.305 e. The fourth-order valence-corrected chi connectivity index (χ4v) is 3.39. The van der Waals surface area contributed by atoms with Crippen molar-refractivity contribution < 1.29 is 0 Å². The lowest BCUT2D eigenvalue weighted by atomic mass is 9.99. The van der Waals surface area contributed by atoms with Gasteiger partial charge in [-0.25, -0.2) is 0 Å². The summed E-state index contributed by atoms with van der Waals surface area (Å²) in [5.41, 5.74) is 4.96. The summed E-state index contributed by atoms with van der Waals surface area (Å²) in [4.78, 5) is 0. The minimum absolute atomic E-state index is 0.136. The first kappa shape index (κ1) is 16.7. The second kappa shape index (κ2) is 7.07. The summed E-state index contributed by atoms with van der Waals surface area (Å²) in [6, 6.07) is 4.62. The minimum atomic E-state index is 0.136. The molecule has 5 heteroatoms. The normalized spacial score (nSPS) is 12.7. The molecule has 0 bridgehead atoms. The molecule has 1 unspecified atom stereocenters. The van der Waals surface area contributed by atoms with E-state index in [4.69, 9.17) is 0 Å². The smallest absolute Gasteiger partial charge is 0.0759 e. The highest BCUT2D eigenvalue weighted by Crippen LogP contribution is 2.32. The number of hydrogen-bond acceptors (Lipinski definition) is 2. The fourth-order valence-electron chi connectivity index (χ4n) is 2.63. The lowest BCUT2D eigenvalue weighted by molar-refractivity contribution is 0.540. The number of halogens is 2. The van der Waals surface area contributed by atoms with E-state index in [9.17, 15) is 0 Å². The van der Waals surface area contributed by atoms with Crippen molar-refractivity contribution in [1.82, 2.24) is 15.1 Å². The SMILES string of the molecule is CCNC(c1cc(C)c(Br)c(C)c1)c1c(Br)cnn1CC. The molecular weight excluding hydrogens is 394 g/mol. The Morgan fingerprint density at radius 2 is 1.81 bits per heavy atom. The number of nitrogens with one attached hydrogen (secondary N) is 1. The zero-order valence-electron chi connectivity index (χ0n) is 12.9. The molecule has 1 aromatic carbocycles. The number of benzene rings is 1. The van der Waals surface area contributed by atoms with Crippen LogP contribution in [0.5, 0.6) is 0 Å². The van der Waals surface area contributed by atoms with Crippen molar-refractivity contribution in [3.63, 3.8) is 0 Å². The van der Waals surface area contributed by atoms with Crippen molar-refractivity contribution in [2.24, 2.45) is 0 Å². The lowest BCUT2D eigenvalue weighted by Crippen LogP contribution is -2.25. The molecule has 114 valence electrons. The number of hydrogen-bond donors (Lipinski definition) is 1. The van der Waals surface area contributed by atoms with Gasteiger partial charge in [-0.2, -0.15) is 5.10 Å². The molecule has 0 spiro atoms. The quantitative estimate of drug-likeness (QED) is 0.765. The van der Waals surface area contributed by atoms with E-state index in [1.807, 2.05) is 10.9 Å². The molecule has 1 heterocycles. The Labute approximate surface area is 143 Å². The van der Waals surface area contributed by atoms with Crippen molar-refractivity contribution in [3.05, 3.63) is 49.7 Å². The van der Waals surface area contributed by atoms with Gasteiger partial charge >= 0.3 is 0 Å². The van der Waals surface area contributed by atoms with Crippen LogP contribution in [-0.4, -0.2) is 16.3 Å². The summed E-state index contributed by atoms with van der Waals surface area (Å²) in [7, 11) is 0. The molecule has 0 aliphatic carbocycles. The number of nitrogens with zero attached hydrogens (tertiary/aromatic N) is 2. The maximum absolute atomic E-state index is 4.45. The molecule has 0 radical (unpaired) electrons. The molecule has 3 nitrogen and oxygen atoms in total. The maximum Gasteiger partial charge on any atom is 0.0759 e. The van der Waals surface area contributed by atoms with Gasteiger partial charge < -0.3 is 5.32 Å². The van der Waals surface area contributed by atoms with Crippen molar-refractivity contribution >= 4 is 31.9 Å². The molecule has 0 saturated carbocycles. The first-order valence-electron chi connectivity index (χ1n) is 7.20. The van der Waals surface area contributed by atoms with Gasteiger partial charge in [0.05, 0.1) is 22.4 Å². The van der Waals surface area contributed by atoms with E-state index in [0.29, 0.717) is 0 Å². The van der Waals surface area contributed by atoms with Gasteiger partial charge in [0.2, 0.25) is 0 Å². The van der Waals surface area contributed by atoms with Gasteiger partial charge in [0.1, 0.15) is 0 Å². The summed E-state index contributed by atoms with van der Waals surface area (Å²) >= 11 is 7.29. The van der Waals surface area contributed by atoms with Gasteiger partial charge in [0, 0.05) is 11.0 Å². The van der Waals surface area contributed by atoms with Crippen LogP contribution in [0.15, 0.2) is 27.3 Å². The van der Waals surface area contributed by atoms with Gasteiger partial charge in [-0.05, 0) is 59.9 Å². The number of aromatic nitrogens is 2. The van der Waals surface area contributed by atoms with Crippen LogP contribution in [0, 0.1) is 13.8 Å². The molecule has 0 fully saturated rings. The van der Waals surface area contributed by atoms with E-state index in [1.54, 1.807) is 0 Å². The van der Waals surface area contributed by atoms with Gasteiger partial charge in [-0.15, -0.1) is 0 Å². The zero-order valence-corrected chi connectivity index (χ0v) is 16.0. The van der Waals surface area contributed by atoms with E-state index in [1.165, 1.54) is 26.9 Å². The molecule has 1 atom stereocenters. The summed E-state index contributed by atoms with van der Waals surface area (Å²) in [6.07, 6.45) is 1.88. The molecule has 0 amide bonds. The average Bonchev–Trinajstić information content (AvgIpc) is 2.82. The highest BCUT2D eigenvalue weighted by atomic mass is 79.9. The Kier molecular flexibility index (Phi) is 5.63. The summed E-state index contributed by atoms with van der Waals surface area (Å²) < 4.78 is 4.28. The summed E-state index contributed by atoms with van der Waals surface area (Å²) in [5.74, 6) is 0. The molecular formula is C16H21Br2N3. The Morgan fingerprint density at radius 3 is 2.33 bits per heavy atom. The molecule has 21 heavy (non-hydrogen) atoms. The van der Waals surface area contributed by atoms with Crippen LogP contribution in [0.4, 0.5) is 0 Å². The van der Waals surface area contributed by atoms with Crippen LogP contribution < -0.4 is 5.32 Å². The van der Waals surface area contributed by atoms with E-state index in [2.05, 4.69) is 82.1 Å². The number of aryl methyl sites for hydroxylation is 3. The molecule has 1 aromatic heterocycles. The van der Waals surface area contributed by atoms with E-state index in [0.717, 1.165) is 17.6 Å². The molecule has 0 aliphatic heterocycles. The lowest BCUT2D eigenvalue weighted by Gasteiger charge is -2.22. The van der Waals surface area contributed by atoms with Gasteiger partial charge in [-0.3, -0.25) is 4.68 Å². The average molecular weight is 415 g/mol. The first-order valence-corrected chi connectivity index (χ1v) is 8.79. The van der Waals surface area contributed by atoms with Crippen LogP contribution in [0.25, 0.3) is 0 Å². The van der Waals surface area contributed by atoms with Crippen LogP contribution in [0.1, 0.15) is 42.3 Å². The molecule has 2 aromatic rings. The number of rotatable bonds is 5. The third-order valence-electron chi connectivity index (χ3n) is 3.61. The monoisotopic (exact) mass is 413 g/mol. The van der Waals surface area contributed by atoms with Crippen molar-refractivity contribution in [1.29, 1.82) is 0 Å². The zero-order chi connectivity index (χ0) is 15.6. The Balaban J connectivity index is 2.56. The van der Waals surface area contributed by atoms with Crippen LogP contribution in [0.3, 0.4) is 0 Å². The van der Waals surface area contributed by atoms with Crippen molar-refractivity contribution in [2.75, 3.05) is 6.54 Å². The highest BCUT2D eigenvalue weighted by molar-refractivity contribution is 9.10. The Bertz CT molecular complexity index is 611. The topological polar surface area (TPSA) is 29.9 Å². The van der Waals surface area contributed by atoms with Crippen LogP contribution in [0.2, 0.25) is 0 Å². The third-order valence-corrected chi connectivity index (χ3v) is 5.47. The highest BCUT2D eigenvalue weighted by Gasteiger charge is 2.21. The molecule has 0 aliphatic rings. The minimum Gasteiger partial charge on any atom is -0.305 e. The standard InChI is InChI=1S/C16H21Br2N3/c1-5-19-15(16-13(17)9-20-21(16)6-2)12-7-10(3)14(18)11(4)8-12/h7-9,15,19H,5-6H2,1-4H3. The van der Waals surface area contributed by atoms with Gasteiger partial charge in [-0.1, -0.05) is 35.0 Å². The van der Waals surface area contributed by atoms with E-state index in [-0.39, 0.29) is 6.04 Å². The Morgan fingerprint density at radius 1 is 1.19 bits per heavy atom. The Hall–Kier alpha value is -0.650. The predicted molar refractivity (Wildman–Crippen MR) is 94.7 cm³/mol. The molecule has 0 saturated heterocycles. The van der Waals surface area contributed by atoms with E-state index < -0.39 is 0 Å². The second-order valence-electron chi connectivity index (χ2n) is 5.15. The maximum atomic E-state index is 4.45. The van der Waals surface area contributed by atoms with Gasteiger partial charge in [0.15, 0.2) is 0 Å². The third kappa shape index (κ3) is 3.41. The summed E-state index contributed by atoms with van der Waals surface area (Å²) in [6.45, 7) is 10.3. The van der Waals surface area contributed by atoms with Crippen LogP contribution in [-0.2, 0) is 6.54 Å². The predicted octanol–water partition coefficient (Wildman–Crippen LogP) is 4.74. The molecule has 1 N–H and O–H groups in total. The second-order valence-corrected chi connectivity index (χ2v) is 6.80. The van der Waals surface area contributed by atoms with Crippen molar-refractivity contribution in [2.45, 2.75) is 40.3 Å². The summed E-state index contributed by atoms with van der Waals surface area (Å²) in [5, 5.41) is 8.03. The fraction of sp³-hybridized carbons (Fsp3) is 0.438. The van der Waals surface area contributed by atoms with Crippen LogP contribution >= 0.6 is 31.9 Å². The molecule has 2 rings (SSSR count).